The van der Waals surface area contributed by atoms with Gasteiger partial charge in [0.25, 0.3) is 6.48 Å². The van der Waals surface area contributed by atoms with E-state index >= 15 is 0 Å². The van der Waals surface area contributed by atoms with Gasteiger partial charge in [-0.25, -0.2) is 75.3 Å². The number of nitrogens with zero attached hydrogens (tertiary/aromatic N) is 29. The summed E-state index contributed by atoms with van der Waals surface area (Å²) >= 11 is 10.8. The minimum atomic E-state index is -0.725. The third kappa shape index (κ3) is 35.5. The van der Waals surface area contributed by atoms with Crippen LogP contribution in [0, 0.1) is 61.7 Å². The Balaban J connectivity index is 0.000000807. The Morgan fingerprint density at radius 3 is 1.21 bits per heavy atom. The van der Waals surface area contributed by atoms with Gasteiger partial charge in [-0.3, -0.25) is 42.0 Å². The molecule has 0 aliphatic rings. The average molecular weight is 1820 g/mol. The predicted octanol–water partition coefficient (Wildman–Crippen LogP) is 1.41. The number of hydrazine groups is 4. The highest BCUT2D eigenvalue weighted by molar-refractivity contribution is 6.33. The lowest BCUT2D eigenvalue weighted by atomic mass is 10.2. The Morgan fingerprint density at radius 2 is 0.906 bits per heavy atom. The maximum absolute atomic E-state index is 12.0. The van der Waals surface area contributed by atoms with Gasteiger partial charge in [0.1, 0.15) is 106 Å². The van der Waals surface area contributed by atoms with Crippen LogP contribution in [0.1, 0.15) is 73.6 Å². The maximum atomic E-state index is 12.0. The highest BCUT2D eigenvalue weighted by Gasteiger charge is 2.23. The molecule has 0 saturated heterocycles. The number of anilines is 7. The SMILES string of the molecule is CC(=O)CC#N.CNN.COC(=O)C(C#N)=CCO.COC(=O)CC#N.COC(=O)c1cnn(C)c1N.COC(=O)c1cnn(C)c1N=Nc1c(C)nn(-c2cc(-n3nc(C)c(N=Nc4c(C(=O)CO)cnn4C)c3N)ncn2)c1N.COC(OC)OC.Cc1cc(N)n(-c2cc(-n3nc(C)cc3N)ncn2)n1.Clc1cc(Cl)ncn1.NN.NNc1cc(NN)ncn1. The van der Waals surface area contributed by atoms with E-state index in [0.29, 0.717) is 68.0 Å². The van der Waals surface area contributed by atoms with Crippen LogP contribution in [0.15, 0.2) is 112 Å². The number of rotatable bonds is 21. The molecule has 0 aliphatic carbocycles. The van der Waals surface area contributed by atoms with Crippen molar-refractivity contribution in [2.75, 3.05) is 110 Å². The smallest absolute Gasteiger partial charge is 0.348 e. The van der Waals surface area contributed by atoms with Crippen LogP contribution in [-0.2, 0) is 68.7 Å². The van der Waals surface area contributed by atoms with E-state index in [0.717, 1.165) is 17.5 Å². The minimum Gasteiger partial charge on any atom is -0.468 e. The monoisotopic (exact) mass is 1820 g/mol. The van der Waals surface area contributed by atoms with Crippen LogP contribution >= 0.6 is 23.2 Å². The molecule has 11 heterocycles. The molecular formula is C69H96Cl2N42O15. The number of aryl methyl sites for hydroxylation is 7. The molecule has 0 atom stereocenters. The summed E-state index contributed by atoms with van der Waals surface area (Å²) in [5, 5.41) is 88.0. The number of azo groups is 2. The fourth-order valence-electron chi connectivity index (χ4n) is 8.50. The molecule has 0 aliphatic heterocycles. The van der Waals surface area contributed by atoms with Crippen LogP contribution in [-0.4, -0.2) is 230 Å². The summed E-state index contributed by atoms with van der Waals surface area (Å²) in [6, 6.07) is 14.8. The highest BCUT2D eigenvalue weighted by atomic mass is 35.5. The number of carbonyl (C=O) groups excluding carboxylic acids is 6. The summed E-state index contributed by atoms with van der Waals surface area (Å²) in [6.07, 6.45) is 10.3. The van der Waals surface area contributed by atoms with Gasteiger partial charge in [-0.15, -0.1) is 20.5 Å². The first kappa shape index (κ1) is 110. The highest BCUT2D eigenvalue weighted by Crippen LogP contribution is 2.34. The van der Waals surface area contributed by atoms with Crippen LogP contribution in [0.5, 0.6) is 0 Å². The molecule has 0 aromatic carbocycles. The molecule has 0 radical (unpaired) electrons. The van der Waals surface area contributed by atoms with Crippen molar-refractivity contribution >= 4 is 122 Å². The molecule has 57 nitrogen and oxygen atoms in total. The lowest BCUT2D eigenvalue weighted by Gasteiger charge is -2.08. The number of carbonyl (C=O) groups is 6. The zero-order valence-electron chi connectivity index (χ0n) is 71.7. The van der Waals surface area contributed by atoms with E-state index in [4.69, 9.17) is 89.2 Å². The van der Waals surface area contributed by atoms with Gasteiger partial charge in [0, 0.05) is 78.9 Å². The second kappa shape index (κ2) is 59.0. The summed E-state index contributed by atoms with van der Waals surface area (Å²) in [4.78, 5) is 96.9. The van der Waals surface area contributed by atoms with Crippen molar-refractivity contribution in [3.63, 3.8) is 0 Å². The van der Waals surface area contributed by atoms with Crippen molar-refractivity contribution in [1.29, 1.82) is 15.8 Å². The largest absolute Gasteiger partial charge is 0.468 e. The summed E-state index contributed by atoms with van der Waals surface area (Å²) in [7, 11) is 16.0. The quantitative estimate of drug-likeness (QED) is 0.00462. The number of ketones is 2. The summed E-state index contributed by atoms with van der Waals surface area (Å²) in [6.45, 7) is 6.93. The van der Waals surface area contributed by atoms with E-state index in [1.807, 2.05) is 13.8 Å². The van der Waals surface area contributed by atoms with Gasteiger partial charge in [-0.2, -0.15) is 70.2 Å². The third-order valence-electron chi connectivity index (χ3n) is 14.3. The lowest BCUT2D eigenvalue weighted by molar-refractivity contribution is -0.252. The third-order valence-corrected chi connectivity index (χ3v) is 14.7. The van der Waals surface area contributed by atoms with Gasteiger partial charge < -0.3 is 82.9 Å². The van der Waals surface area contributed by atoms with Crippen molar-refractivity contribution < 1.29 is 72.1 Å². The van der Waals surface area contributed by atoms with Crippen LogP contribution < -0.4 is 74.2 Å². The van der Waals surface area contributed by atoms with Gasteiger partial charge in [0.15, 0.2) is 63.7 Å². The molecule has 0 unspecified atom stereocenters. The number of nitrogens with one attached hydrogen (secondary N) is 3. The van der Waals surface area contributed by atoms with E-state index in [1.165, 1.54) is 130 Å². The summed E-state index contributed by atoms with van der Waals surface area (Å²) in [5.41, 5.74) is 40.3. The average Bonchev–Trinajstić information content (AvgIpc) is 1.63. The van der Waals surface area contributed by atoms with Gasteiger partial charge in [0.05, 0.1) is 101 Å². The second-order valence-corrected chi connectivity index (χ2v) is 23.9. The van der Waals surface area contributed by atoms with E-state index in [1.54, 1.807) is 99.9 Å². The predicted molar refractivity (Wildman–Crippen MR) is 458 cm³/mol. The van der Waals surface area contributed by atoms with Gasteiger partial charge in [0.2, 0.25) is 0 Å². The molecule has 0 amide bonds. The molecule has 686 valence electrons. The fraction of sp³-hybridized carbons (Fsp3) is 0.304. The molecule has 25 N–H and O–H groups in total. The van der Waals surface area contributed by atoms with E-state index in [2.05, 4.69) is 158 Å². The van der Waals surface area contributed by atoms with Gasteiger partial charge in [-0.1, -0.05) is 23.2 Å². The summed E-state index contributed by atoms with van der Waals surface area (Å²) in [5.74, 6) is 24.4. The van der Waals surface area contributed by atoms with Crippen molar-refractivity contribution in [1.82, 2.24) is 114 Å². The Morgan fingerprint density at radius 1 is 0.516 bits per heavy atom. The molecule has 11 aromatic rings. The van der Waals surface area contributed by atoms with Crippen LogP contribution in [0.3, 0.4) is 0 Å². The van der Waals surface area contributed by atoms with Gasteiger partial charge in [-0.05, 0) is 47.7 Å². The first-order chi connectivity index (χ1) is 61.0. The van der Waals surface area contributed by atoms with E-state index in [9.17, 15) is 33.9 Å². The Bertz CT molecular complexity index is 5360. The number of nitriles is 3. The fourth-order valence-corrected chi connectivity index (χ4v) is 8.85. The topological polar surface area (TPSA) is 852 Å². The van der Waals surface area contributed by atoms with Crippen molar-refractivity contribution in [2.45, 2.75) is 53.9 Å². The lowest BCUT2D eigenvalue weighted by Crippen LogP contribution is -2.14. The number of nitrogen functional groups attached to an aromatic ring is 7. The van der Waals surface area contributed by atoms with Crippen molar-refractivity contribution in [2.24, 2.45) is 70.8 Å². The molecule has 11 aromatic heterocycles. The number of hydrogen-bond donors (Lipinski definition) is 15. The zero-order chi connectivity index (χ0) is 96.9. The van der Waals surface area contributed by atoms with E-state index < -0.39 is 42.7 Å². The van der Waals surface area contributed by atoms with Crippen molar-refractivity contribution in [3.05, 3.63) is 142 Å². The first-order valence-electron chi connectivity index (χ1n) is 35.2. The molecule has 0 saturated carbocycles. The van der Waals surface area contributed by atoms with Crippen LogP contribution in [0.4, 0.5) is 63.7 Å². The molecule has 11 rings (SSSR count). The molecule has 0 spiro atoms. The number of aliphatic hydroxyl groups excluding tert-OH is 2. The number of hydrogen-bond acceptors (Lipinski definition) is 50. The molecule has 128 heavy (non-hydrogen) atoms. The van der Waals surface area contributed by atoms with Crippen LogP contribution in [0.25, 0.3) is 23.3 Å². The van der Waals surface area contributed by atoms with Crippen molar-refractivity contribution in [3.8, 4) is 41.5 Å². The second-order valence-electron chi connectivity index (χ2n) is 23.1. The number of esters is 4. The molecule has 0 fully saturated rings. The number of aromatic nitrogens is 22. The Kier molecular flexibility index (Phi) is 50.8. The minimum absolute atomic E-state index is 0.0417. The molecule has 0 bridgehead atoms. The maximum Gasteiger partial charge on any atom is 0.348 e. The summed E-state index contributed by atoms with van der Waals surface area (Å²) < 4.78 is 41.3. The van der Waals surface area contributed by atoms with Gasteiger partial charge >= 0.3 is 23.9 Å². The standard InChI is InChI=1S/C24H26N16O4.C12H14N8.C6H9N3O2.C6H7NO3.C4H2Cl2N2.C4H8N6.C4H5NO2.C4H5NO.C4H10O3.CH6N2.H4N2/c1-11-18(31-33-22-13(15(42)9-41)7-29-37(22)3)20(25)39(35-11)16-6-17(28-10-27-16)40-21(26)19(12(2)36-40)32-34-23-14(24(43)44-5)8-30-38(23)4;1-7-3-9(13)19(17-7)11-5-12(16-6-15-11)20-10(14)4-8(2)18-20;1-9-5(7)4(3-8-9)6(10)11-2;1-10-6(9)5(4-7)2-3-8;5-3-1-4(6)8-2-7-3;5-9-3-1-4(10-6)8-2-7-3;1-7-4(6)2-3-5;1-4(6)2-3-5;1-5-4(6-2)7-3;1-3-2;1-2/h6-8,10,41H,9,25-26H2,1-5H3;3-6H,13-14H2,1-2H3;3H,7H2,1-2H3;2,8H,3H2,1H3;1-2H;1-2H,5-6H2,(H2,7,8,9,10);2H2,1H3;2H2,1H3;4H,1-3H3;3H,2H2,1H3;1-2H2. The normalized spacial score (nSPS) is 10.1. The molecular weight excluding hydrogens is 1730 g/mol. The number of Topliss-reactive ketones (excluding diaryl/α,β-unsaturated/α-hetero) is 2. The number of nitrogens with two attached hydrogens (primary N) is 10. The Labute approximate surface area is 738 Å². The molecule has 59 heteroatoms. The number of ether oxygens (including phenoxy) is 7. The first-order valence-corrected chi connectivity index (χ1v) is 36.0. The number of methoxy groups -OCH3 is 7. The Hall–Kier alpha value is -15.8. The number of halogens is 2. The van der Waals surface area contributed by atoms with Crippen LogP contribution in [0.2, 0.25) is 10.3 Å². The number of aliphatic hydroxyl groups is 2. The zero-order valence-corrected chi connectivity index (χ0v) is 73.2. The van der Waals surface area contributed by atoms with E-state index in [-0.39, 0.29) is 88.2 Å².